The molecule has 1 N–H and O–H groups in total. The van der Waals surface area contributed by atoms with Gasteiger partial charge in [-0.2, -0.15) is 4.31 Å². The predicted molar refractivity (Wildman–Crippen MR) is 134 cm³/mol. The minimum atomic E-state index is -3.56. The molecule has 0 unspecified atom stereocenters. The minimum Gasteiger partial charge on any atom is -0.344 e. The van der Waals surface area contributed by atoms with Crippen LogP contribution in [0.2, 0.25) is 0 Å². The Bertz CT molecular complexity index is 1140. The number of rotatable bonds is 8. The second-order valence-corrected chi connectivity index (χ2v) is 11.1. The first-order chi connectivity index (χ1) is 16.4. The van der Waals surface area contributed by atoms with E-state index in [1.807, 2.05) is 67.7 Å². The molecule has 0 spiro atoms. The van der Waals surface area contributed by atoms with Crippen molar-refractivity contribution in [1.29, 1.82) is 0 Å². The highest BCUT2D eigenvalue weighted by Gasteiger charge is 2.27. The molecule has 1 saturated heterocycles. The number of aromatic nitrogens is 1. The maximum absolute atomic E-state index is 12.9. The molecule has 34 heavy (non-hydrogen) atoms. The van der Waals surface area contributed by atoms with Crippen molar-refractivity contribution in [2.45, 2.75) is 16.0 Å². The molecule has 4 rings (SSSR count). The highest BCUT2D eigenvalue weighted by molar-refractivity contribution is 7.99. The standard InChI is InChI=1S/C25H28N4O3S2/c1-28-14-16-29(17-15-28)34(31,32)22-12-13-24(26-18-22)33-19-23(30)27-25(20-8-4-2-5-9-20)21-10-6-3-7-11-21/h2-13,18,25H,14-17,19H2,1H3,(H,27,30). The molecule has 0 saturated carbocycles. The molecule has 7 nitrogen and oxygen atoms in total. The summed E-state index contributed by atoms with van der Waals surface area (Å²) < 4.78 is 27.2. The van der Waals surface area contributed by atoms with Crippen LogP contribution in [0.1, 0.15) is 17.2 Å². The summed E-state index contributed by atoms with van der Waals surface area (Å²) in [6.07, 6.45) is 1.38. The number of carbonyl (C=O) groups excluding carboxylic acids is 1. The van der Waals surface area contributed by atoms with Crippen LogP contribution < -0.4 is 5.32 Å². The maximum atomic E-state index is 12.9. The Balaban J connectivity index is 1.38. The van der Waals surface area contributed by atoms with Crippen LogP contribution in [0.3, 0.4) is 0 Å². The molecule has 2 aromatic carbocycles. The van der Waals surface area contributed by atoms with Gasteiger partial charge in [-0.05, 0) is 30.3 Å². The van der Waals surface area contributed by atoms with Gasteiger partial charge in [0.15, 0.2) is 0 Å². The summed E-state index contributed by atoms with van der Waals surface area (Å²) in [6.45, 7) is 2.37. The van der Waals surface area contributed by atoms with Crippen molar-refractivity contribution < 1.29 is 13.2 Å². The number of nitrogens with zero attached hydrogens (tertiary/aromatic N) is 3. The van der Waals surface area contributed by atoms with Crippen LogP contribution in [-0.2, 0) is 14.8 Å². The van der Waals surface area contributed by atoms with Crippen LogP contribution in [-0.4, -0.2) is 67.5 Å². The fourth-order valence-electron chi connectivity index (χ4n) is 3.77. The number of benzene rings is 2. The van der Waals surface area contributed by atoms with E-state index < -0.39 is 10.0 Å². The van der Waals surface area contributed by atoms with Crippen molar-refractivity contribution >= 4 is 27.7 Å². The van der Waals surface area contributed by atoms with E-state index in [4.69, 9.17) is 0 Å². The third-order valence-electron chi connectivity index (χ3n) is 5.73. The van der Waals surface area contributed by atoms with E-state index in [2.05, 4.69) is 15.2 Å². The molecular formula is C25H28N4O3S2. The van der Waals surface area contributed by atoms with Crippen molar-refractivity contribution in [3.05, 3.63) is 90.1 Å². The van der Waals surface area contributed by atoms with Crippen molar-refractivity contribution in [2.24, 2.45) is 0 Å². The van der Waals surface area contributed by atoms with Crippen LogP contribution in [0.5, 0.6) is 0 Å². The number of sulfonamides is 1. The third kappa shape index (κ3) is 6.04. The molecule has 9 heteroatoms. The van der Waals surface area contributed by atoms with Gasteiger partial charge in [0.2, 0.25) is 15.9 Å². The normalized spacial score (nSPS) is 15.4. The Morgan fingerprint density at radius 3 is 2.06 bits per heavy atom. The van der Waals surface area contributed by atoms with E-state index >= 15 is 0 Å². The molecule has 0 atom stereocenters. The SMILES string of the molecule is CN1CCN(S(=O)(=O)c2ccc(SCC(=O)NC(c3ccccc3)c3ccccc3)nc2)CC1. The van der Waals surface area contributed by atoms with E-state index in [1.54, 1.807) is 12.1 Å². The average Bonchev–Trinajstić information content (AvgIpc) is 2.87. The van der Waals surface area contributed by atoms with E-state index in [1.165, 1.54) is 22.3 Å². The van der Waals surface area contributed by atoms with Crippen LogP contribution in [0, 0.1) is 0 Å². The predicted octanol–water partition coefficient (Wildman–Crippen LogP) is 3.02. The summed E-state index contributed by atoms with van der Waals surface area (Å²) in [5.41, 5.74) is 2.01. The van der Waals surface area contributed by atoms with Crippen molar-refractivity contribution in [3.63, 3.8) is 0 Å². The van der Waals surface area contributed by atoms with Crippen LogP contribution in [0.4, 0.5) is 0 Å². The van der Waals surface area contributed by atoms with Crippen molar-refractivity contribution in [2.75, 3.05) is 39.0 Å². The van der Waals surface area contributed by atoms with Gasteiger partial charge in [-0.3, -0.25) is 4.79 Å². The minimum absolute atomic E-state index is 0.126. The lowest BCUT2D eigenvalue weighted by Crippen LogP contribution is -2.47. The van der Waals surface area contributed by atoms with Crippen LogP contribution in [0.15, 0.2) is 88.9 Å². The fourth-order valence-corrected chi connectivity index (χ4v) is 5.80. The molecule has 0 aliphatic carbocycles. The largest absolute Gasteiger partial charge is 0.344 e. The van der Waals surface area contributed by atoms with Gasteiger partial charge in [0.1, 0.15) is 4.90 Å². The molecule has 0 bridgehead atoms. The molecule has 1 fully saturated rings. The molecule has 3 aromatic rings. The number of likely N-dealkylation sites (N-methyl/N-ethyl adjacent to an activating group) is 1. The van der Waals surface area contributed by atoms with Gasteiger partial charge in [-0.15, -0.1) is 0 Å². The summed E-state index contributed by atoms with van der Waals surface area (Å²) in [6, 6.07) is 22.6. The summed E-state index contributed by atoms with van der Waals surface area (Å²) in [7, 11) is -1.57. The van der Waals surface area contributed by atoms with E-state index in [9.17, 15) is 13.2 Å². The average molecular weight is 497 g/mol. The monoisotopic (exact) mass is 496 g/mol. The van der Waals surface area contributed by atoms with Gasteiger partial charge in [0, 0.05) is 32.4 Å². The number of amides is 1. The molecule has 1 aliphatic heterocycles. The number of carbonyl (C=O) groups is 1. The zero-order valence-corrected chi connectivity index (χ0v) is 20.6. The number of nitrogens with one attached hydrogen (secondary N) is 1. The number of hydrogen-bond donors (Lipinski definition) is 1. The lowest BCUT2D eigenvalue weighted by Gasteiger charge is -2.31. The Kier molecular flexibility index (Phi) is 7.99. The fraction of sp³-hybridized carbons (Fsp3) is 0.280. The van der Waals surface area contributed by atoms with Gasteiger partial charge in [-0.1, -0.05) is 72.4 Å². The first kappa shape index (κ1) is 24.4. The first-order valence-corrected chi connectivity index (χ1v) is 13.5. The van der Waals surface area contributed by atoms with Gasteiger partial charge in [-0.25, -0.2) is 13.4 Å². The van der Waals surface area contributed by atoms with Crippen molar-refractivity contribution in [3.8, 4) is 0 Å². The summed E-state index contributed by atoms with van der Waals surface area (Å²) in [5, 5.41) is 3.71. The Hall–Kier alpha value is -2.72. The molecule has 1 aromatic heterocycles. The third-order valence-corrected chi connectivity index (χ3v) is 8.56. The molecule has 1 amide bonds. The quantitative estimate of drug-likeness (QED) is 0.483. The number of hydrogen-bond acceptors (Lipinski definition) is 6. The zero-order valence-electron chi connectivity index (χ0n) is 19.0. The second kappa shape index (κ2) is 11.1. The summed E-state index contributed by atoms with van der Waals surface area (Å²) in [4.78, 5) is 19.3. The van der Waals surface area contributed by atoms with E-state index in [0.29, 0.717) is 31.2 Å². The number of pyridine rings is 1. The topological polar surface area (TPSA) is 82.6 Å². The number of piperazine rings is 1. The maximum Gasteiger partial charge on any atom is 0.244 e. The van der Waals surface area contributed by atoms with Crippen LogP contribution in [0.25, 0.3) is 0 Å². The van der Waals surface area contributed by atoms with E-state index in [-0.39, 0.29) is 22.6 Å². The lowest BCUT2D eigenvalue weighted by molar-refractivity contribution is -0.119. The molecule has 178 valence electrons. The van der Waals surface area contributed by atoms with Gasteiger partial charge < -0.3 is 10.2 Å². The lowest BCUT2D eigenvalue weighted by atomic mass is 9.99. The second-order valence-electron chi connectivity index (χ2n) is 8.15. The van der Waals surface area contributed by atoms with Gasteiger partial charge in [0.05, 0.1) is 16.8 Å². The number of thioether (sulfide) groups is 1. The smallest absolute Gasteiger partial charge is 0.244 e. The first-order valence-electron chi connectivity index (χ1n) is 11.1. The van der Waals surface area contributed by atoms with E-state index in [0.717, 1.165) is 11.1 Å². The molecule has 1 aliphatic rings. The van der Waals surface area contributed by atoms with Gasteiger partial charge >= 0.3 is 0 Å². The zero-order chi connectivity index (χ0) is 24.0. The Labute approximate surface area is 205 Å². The van der Waals surface area contributed by atoms with Crippen molar-refractivity contribution in [1.82, 2.24) is 19.5 Å². The highest BCUT2D eigenvalue weighted by atomic mass is 32.2. The molecular weight excluding hydrogens is 468 g/mol. The Morgan fingerprint density at radius 2 is 1.53 bits per heavy atom. The van der Waals surface area contributed by atoms with Crippen LogP contribution >= 0.6 is 11.8 Å². The highest BCUT2D eigenvalue weighted by Crippen LogP contribution is 2.24. The molecule has 2 heterocycles. The summed E-state index contributed by atoms with van der Waals surface area (Å²) in [5.74, 6) is 0.0481. The Morgan fingerprint density at radius 1 is 0.941 bits per heavy atom. The summed E-state index contributed by atoms with van der Waals surface area (Å²) >= 11 is 1.28. The van der Waals surface area contributed by atoms with Gasteiger partial charge in [0.25, 0.3) is 0 Å². The molecule has 0 radical (unpaired) electrons.